The number of fused-ring (bicyclic) bond motifs is 1. The van der Waals surface area contributed by atoms with Crippen LogP contribution in [0.4, 0.5) is 0 Å². The molecule has 0 aliphatic heterocycles. The molecule has 3 rings (SSSR count). The van der Waals surface area contributed by atoms with E-state index in [1.54, 1.807) is 6.20 Å². The van der Waals surface area contributed by atoms with Crippen LogP contribution in [0, 0.1) is 0 Å². The minimum atomic E-state index is 0.00359. The van der Waals surface area contributed by atoms with Crippen molar-refractivity contribution in [1.29, 1.82) is 0 Å². The molecule has 1 aromatic carbocycles. The van der Waals surface area contributed by atoms with E-state index < -0.39 is 0 Å². The minimum absolute atomic E-state index is 0.00359. The third-order valence-corrected chi connectivity index (χ3v) is 3.48. The first-order valence-electron chi connectivity index (χ1n) is 6.92. The van der Waals surface area contributed by atoms with Crippen molar-refractivity contribution >= 4 is 16.8 Å². The van der Waals surface area contributed by atoms with Crippen molar-refractivity contribution in [3.63, 3.8) is 0 Å². The number of aromatic nitrogens is 1. The van der Waals surface area contributed by atoms with Crippen LogP contribution in [-0.4, -0.2) is 30.0 Å². The highest BCUT2D eigenvalue weighted by Crippen LogP contribution is 2.18. The predicted octanol–water partition coefficient (Wildman–Crippen LogP) is 2.04. The molecule has 1 aromatic heterocycles. The summed E-state index contributed by atoms with van der Waals surface area (Å²) in [6, 6.07) is 8.60. The van der Waals surface area contributed by atoms with Crippen molar-refractivity contribution in [2.45, 2.75) is 25.3 Å². The van der Waals surface area contributed by atoms with Crippen molar-refractivity contribution < 1.29 is 4.79 Å². The lowest BCUT2D eigenvalue weighted by Crippen LogP contribution is -2.27. The second-order valence-electron chi connectivity index (χ2n) is 5.09. The molecule has 1 aliphatic rings. The third kappa shape index (κ3) is 2.96. The Morgan fingerprint density at radius 1 is 1.26 bits per heavy atom. The number of hydrogen-bond donors (Lipinski definition) is 3. The minimum Gasteiger partial charge on any atom is -0.360 e. The zero-order chi connectivity index (χ0) is 13.1. The molecule has 4 nitrogen and oxygen atoms in total. The number of aromatic amines is 1. The Balaban J connectivity index is 1.51. The van der Waals surface area contributed by atoms with Gasteiger partial charge >= 0.3 is 0 Å². The molecule has 19 heavy (non-hydrogen) atoms. The molecule has 0 saturated heterocycles. The van der Waals surface area contributed by atoms with Gasteiger partial charge in [-0.3, -0.25) is 4.79 Å². The molecule has 0 atom stereocenters. The maximum absolute atomic E-state index is 12.1. The van der Waals surface area contributed by atoms with Gasteiger partial charge in [0.25, 0.3) is 5.91 Å². The van der Waals surface area contributed by atoms with E-state index in [9.17, 15) is 4.79 Å². The average molecular weight is 257 g/mol. The van der Waals surface area contributed by atoms with Crippen LogP contribution in [0.5, 0.6) is 0 Å². The molecule has 1 saturated carbocycles. The highest BCUT2D eigenvalue weighted by atomic mass is 16.1. The van der Waals surface area contributed by atoms with Crippen LogP contribution < -0.4 is 10.6 Å². The summed E-state index contributed by atoms with van der Waals surface area (Å²) >= 11 is 0. The summed E-state index contributed by atoms with van der Waals surface area (Å²) in [6.07, 6.45) is 5.37. The number of nitrogens with one attached hydrogen (secondary N) is 3. The molecule has 1 heterocycles. The van der Waals surface area contributed by atoms with Crippen LogP contribution in [-0.2, 0) is 0 Å². The number of benzene rings is 1. The Bertz CT molecular complexity index is 572. The number of rotatable bonds is 6. The topological polar surface area (TPSA) is 56.9 Å². The average Bonchev–Trinajstić information content (AvgIpc) is 3.15. The SMILES string of the molecule is O=C(NCCCNC1CC1)c1c[nH]c2ccccc12. The van der Waals surface area contributed by atoms with E-state index in [-0.39, 0.29) is 5.91 Å². The summed E-state index contributed by atoms with van der Waals surface area (Å²) in [4.78, 5) is 15.2. The maximum atomic E-state index is 12.1. The molecule has 100 valence electrons. The number of amides is 1. The van der Waals surface area contributed by atoms with Gasteiger partial charge < -0.3 is 15.6 Å². The summed E-state index contributed by atoms with van der Waals surface area (Å²) in [5, 5.41) is 7.39. The molecule has 3 N–H and O–H groups in total. The lowest BCUT2D eigenvalue weighted by atomic mass is 10.1. The molecule has 1 aliphatic carbocycles. The molecule has 0 radical (unpaired) electrons. The summed E-state index contributed by atoms with van der Waals surface area (Å²) in [6.45, 7) is 1.71. The Morgan fingerprint density at radius 3 is 2.95 bits per heavy atom. The van der Waals surface area contributed by atoms with Gasteiger partial charge in [-0.1, -0.05) is 18.2 Å². The van der Waals surface area contributed by atoms with Crippen LogP contribution in [0.15, 0.2) is 30.5 Å². The van der Waals surface area contributed by atoms with Crippen LogP contribution >= 0.6 is 0 Å². The van der Waals surface area contributed by atoms with Crippen LogP contribution in [0.1, 0.15) is 29.6 Å². The first-order chi connectivity index (χ1) is 9.34. The van der Waals surface area contributed by atoms with E-state index in [0.717, 1.165) is 42.0 Å². The summed E-state index contributed by atoms with van der Waals surface area (Å²) < 4.78 is 0. The van der Waals surface area contributed by atoms with Gasteiger partial charge in [-0.25, -0.2) is 0 Å². The van der Waals surface area contributed by atoms with E-state index in [1.807, 2.05) is 24.3 Å². The van der Waals surface area contributed by atoms with Gasteiger partial charge in [-0.05, 0) is 31.9 Å². The number of para-hydroxylation sites is 1. The van der Waals surface area contributed by atoms with Gasteiger partial charge in [0, 0.05) is 29.7 Å². The van der Waals surface area contributed by atoms with Crippen molar-refractivity contribution in [3.8, 4) is 0 Å². The molecule has 2 aromatic rings. The molecule has 0 bridgehead atoms. The molecular formula is C15H19N3O. The summed E-state index contributed by atoms with van der Waals surface area (Å²) in [5.41, 5.74) is 1.73. The van der Waals surface area contributed by atoms with Gasteiger partial charge in [0.1, 0.15) is 0 Å². The van der Waals surface area contributed by atoms with E-state index in [2.05, 4.69) is 15.6 Å². The molecule has 0 unspecified atom stereocenters. The van der Waals surface area contributed by atoms with Crippen LogP contribution in [0.3, 0.4) is 0 Å². The molecule has 1 fully saturated rings. The van der Waals surface area contributed by atoms with Gasteiger partial charge in [0.05, 0.1) is 5.56 Å². The fourth-order valence-corrected chi connectivity index (χ4v) is 2.24. The zero-order valence-electron chi connectivity index (χ0n) is 10.9. The number of H-pyrrole nitrogens is 1. The zero-order valence-corrected chi connectivity index (χ0v) is 10.9. The van der Waals surface area contributed by atoms with E-state index in [1.165, 1.54) is 12.8 Å². The van der Waals surface area contributed by atoms with Crippen molar-refractivity contribution in [2.24, 2.45) is 0 Å². The molecule has 1 amide bonds. The van der Waals surface area contributed by atoms with Crippen LogP contribution in [0.25, 0.3) is 10.9 Å². The largest absolute Gasteiger partial charge is 0.360 e. The van der Waals surface area contributed by atoms with Gasteiger partial charge in [0.15, 0.2) is 0 Å². The lowest BCUT2D eigenvalue weighted by molar-refractivity contribution is 0.0955. The van der Waals surface area contributed by atoms with Gasteiger partial charge in [-0.2, -0.15) is 0 Å². The molecular weight excluding hydrogens is 238 g/mol. The Kier molecular flexibility index (Phi) is 3.51. The molecule has 0 spiro atoms. The second-order valence-corrected chi connectivity index (χ2v) is 5.09. The van der Waals surface area contributed by atoms with Crippen molar-refractivity contribution in [2.75, 3.05) is 13.1 Å². The monoisotopic (exact) mass is 257 g/mol. The quantitative estimate of drug-likeness (QED) is 0.694. The fourth-order valence-electron chi connectivity index (χ4n) is 2.24. The Morgan fingerprint density at radius 2 is 2.11 bits per heavy atom. The number of carbonyl (C=O) groups excluding carboxylic acids is 1. The molecule has 4 heteroatoms. The summed E-state index contributed by atoms with van der Waals surface area (Å²) in [7, 11) is 0. The number of carbonyl (C=O) groups is 1. The summed E-state index contributed by atoms with van der Waals surface area (Å²) in [5.74, 6) is 0.00359. The lowest BCUT2D eigenvalue weighted by Gasteiger charge is -2.05. The maximum Gasteiger partial charge on any atom is 0.253 e. The Labute approximate surface area is 112 Å². The van der Waals surface area contributed by atoms with Crippen LogP contribution in [0.2, 0.25) is 0 Å². The van der Waals surface area contributed by atoms with Crippen molar-refractivity contribution in [3.05, 3.63) is 36.0 Å². The fraction of sp³-hybridized carbons (Fsp3) is 0.400. The van der Waals surface area contributed by atoms with Gasteiger partial charge in [0.2, 0.25) is 0 Å². The van der Waals surface area contributed by atoms with Gasteiger partial charge in [-0.15, -0.1) is 0 Å². The Hall–Kier alpha value is -1.81. The predicted molar refractivity (Wildman–Crippen MR) is 76.3 cm³/mol. The van der Waals surface area contributed by atoms with E-state index in [0.29, 0.717) is 0 Å². The first kappa shape index (κ1) is 12.2. The number of hydrogen-bond acceptors (Lipinski definition) is 2. The highest BCUT2D eigenvalue weighted by molar-refractivity contribution is 6.06. The second kappa shape index (κ2) is 5.45. The van der Waals surface area contributed by atoms with Crippen molar-refractivity contribution in [1.82, 2.24) is 15.6 Å². The highest BCUT2D eigenvalue weighted by Gasteiger charge is 2.19. The standard InChI is InChI=1S/C15H19N3O/c19-15(17-9-3-8-16-11-6-7-11)13-10-18-14-5-2-1-4-12(13)14/h1-2,4-5,10-11,16,18H,3,6-9H2,(H,17,19). The normalized spacial score (nSPS) is 14.7. The first-order valence-corrected chi connectivity index (χ1v) is 6.92. The smallest absolute Gasteiger partial charge is 0.253 e. The van der Waals surface area contributed by atoms with E-state index >= 15 is 0 Å². The van der Waals surface area contributed by atoms with E-state index in [4.69, 9.17) is 0 Å². The third-order valence-electron chi connectivity index (χ3n) is 3.48.